The summed E-state index contributed by atoms with van der Waals surface area (Å²) in [4.78, 5) is 9.89. The van der Waals surface area contributed by atoms with Crippen molar-refractivity contribution in [1.82, 2.24) is 0 Å². The summed E-state index contributed by atoms with van der Waals surface area (Å²) in [5.41, 5.74) is 5.76. The van der Waals surface area contributed by atoms with E-state index in [0.29, 0.717) is 5.56 Å². The Morgan fingerprint density at radius 2 is 2.20 bits per heavy atom. The molecule has 0 fully saturated rings. The zero-order chi connectivity index (χ0) is 10.7. The van der Waals surface area contributed by atoms with Crippen LogP contribution < -0.4 is 5.73 Å². The summed E-state index contributed by atoms with van der Waals surface area (Å²) >= 11 is 0. The van der Waals surface area contributed by atoms with Gasteiger partial charge in [-0.25, -0.2) is 0 Å². The van der Waals surface area contributed by atoms with Gasteiger partial charge in [-0.2, -0.15) is 0 Å². The molecule has 15 heavy (non-hydrogen) atoms. The van der Waals surface area contributed by atoms with Crippen LogP contribution in [0.1, 0.15) is 11.6 Å². The fourth-order valence-corrected chi connectivity index (χ4v) is 1.05. The minimum atomic E-state index is -0.602. The number of aromatic hydroxyl groups is 1. The molecular formula is C9H11ClN2O3. The number of benzene rings is 1. The van der Waals surface area contributed by atoms with E-state index in [0.717, 1.165) is 0 Å². The minimum Gasteiger partial charge on any atom is -0.508 e. The standard InChI is InChI=1S/C9H10N2O3.ClH/c1-2-8(10)7-5-6(11(13)14)3-4-9(7)12;/h2-5,8,12H,1,10H2;1H/t8-;/m1./s1. The smallest absolute Gasteiger partial charge is 0.270 e. The number of phenols is 1. The van der Waals surface area contributed by atoms with Gasteiger partial charge in [-0.15, -0.1) is 19.0 Å². The van der Waals surface area contributed by atoms with E-state index in [9.17, 15) is 15.2 Å². The van der Waals surface area contributed by atoms with Gasteiger partial charge in [-0.3, -0.25) is 10.1 Å². The van der Waals surface area contributed by atoms with Gasteiger partial charge < -0.3 is 10.8 Å². The van der Waals surface area contributed by atoms with Gasteiger partial charge in [0.25, 0.3) is 5.69 Å². The summed E-state index contributed by atoms with van der Waals surface area (Å²) in [6.07, 6.45) is 1.40. The second-order valence-corrected chi connectivity index (χ2v) is 2.76. The summed E-state index contributed by atoms with van der Waals surface area (Å²) in [6.45, 7) is 3.45. The first-order valence-corrected chi connectivity index (χ1v) is 3.91. The maximum Gasteiger partial charge on any atom is 0.270 e. The van der Waals surface area contributed by atoms with Crippen LogP contribution >= 0.6 is 12.4 Å². The van der Waals surface area contributed by atoms with Crippen LogP contribution in [0.15, 0.2) is 30.9 Å². The number of nitrogens with zero attached hydrogens (tertiary/aromatic N) is 1. The minimum absolute atomic E-state index is 0. The van der Waals surface area contributed by atoms with E-state index in [4.69, 9.17) is 5.73 Å². The van der Waals surface area contributed by atoms with E-state index in [-0.39, 0.29) is 23.8 Å². The normalized spacial score (nSPS) is 11.3. The number of non-ortho nitro benzene ring substituents is 1. The number of phenolic OH excluding ortho intramolecular Hbond substituents is 1. The SMILES string of the molecule is C=C[C@@H](N)c1cc([N+](=O)[O-])ccc1O.Cl. The van der Waals surface area contributed by atoms with Crippen molar-refractivity contribution in [2.24, 2.45) is 5.73 Å². The number of hydrogen-bond acceptors (Lipinski definition) is 4. The van der Waals surface area contributed by atoms with Crippen molar-refractivity contribution >= 4 is 18.1 Å². The predicted molar refractivity (Wildman–Crippen MR) is 59.1 cm³/mol. The summed E-state index contributed by atoms with van der Waals surface area (Å²) in [7, 11) is 0. The van der Waals surface area contributed by atoms with Crippen molar-refractivity contribution in [3.05, 3.63) is 46.5 Å². The Kier molecular flexibility index (Phi) is 4.77. The van der Waals surface area contributed by atoms with E-state index in [1.54, 1.807) is 0 Å². The highest BCUT2D eigenvalue weighted by molar-refractivity contribution is 5.85. The molecule has 82 valence electrons. The summed E-state index contributed by atoms with van der Waals surface area (Å²) in [5, 5.41) is 19.8. The fraction of sp³-hybridized carbons (Fsp3) is 0.111. The average molecular weight is 231 g/mol. The molecule has 0 aromatic heterocycles. The van der Waals surface area contributed by atoms with E-state index in [1.807, 2.05) is 0 Å². The fourth-order valence-electron chi connectivity index (χ4n) is 1.05. The van der Waals surface area contributed by atoms with Crippen molar-refractivity contribution < 1.29 is 10.0 Å². The van der Waals surface area contributed by atoms with E-state index < -0.39 is 11.0 Å². The van der Waals surface area contributed by atoms with Crippen molar-refractivity contribution in [3.8, 4) is 5.75 Å². The zero-order valence-electron chi connectivity index (χ0n) is 7.79. The number of hydrogen-bond donors (Lipinski definition) is 2. The van der Waals surface area contributed by atoms with Gasteiger partial charge in [0.15, 0.2) is 0 Å². The molecule has 0 spiro atoms. The second-order valence-electron chi connectivity index (χ2n) is 2.76. The molecule has 3 N–H and O–H groups in total. The summed E-state index contributed by atoms with van der Waals surface area (Å²) < 4.78 is 0. The Hall–Kier alpha value is -1.59. The predicted octanol–water partition coefficient (Wildman–Crippen LogP) is 1.91. The summed E-state index contributed by atoms with van der Waals surface area (Å²) in [5.74, 6) is -0.0667. The van der Waals surface area contributed by atoms with Gasteiger partial charge in [0, 0.05) is 17.7 Å². The molecule has 1 aromatic carbocycles. The Balaban J connectivity index is 0.00000196. The first kappa shape index (κ1) is 13.4. The molecule has 0 aliphatic heterocycles. The van der Waals surface area contributed by atoms with Crippen LogP contribution in [0, 0.1) is 10.1 Å². The topological polar surface area (TPSA) is 89.4 Å². The van der Waals surface area contributed by atoms with Crippen molar-refractivity contribution in [3.63, 3.8) is 0 Å². The Bertz CT molecular complexity index is 382. The van der Waals surface area contributed by atoms with Crippen LogP contribution in [-0.4, -0.2) is 10.0 Å². The van der Waals surface area contributed by atoms with Crippen LogP contribution in [-0.2, 0) is 0 Å². The quantitative estimate of drug-likeness (QED) is 0.472. The van der Waals surface area contributed by atoms with Crippen molar-refractivity contribution in [2.75, 3.05) is 0 Å². The van der Waals surface area contributed by atoms with Crippen LogP contribution in [0.5, 0.6) is 5.75 Å². The Morgan fingerprint density at radius 1 is 1.60 bits per heavy atom. The lowest BCUT2D eigenvalue weighted by Crippen LogP contribution is -2.07. The van der Waals surface area contributed by atoms with Gasteiger partial charge in [0.05, 0.1) is 11.0 Å². The molecule has 0 amide bonds. The lowest BCUT2D eigenvalue weighted by atomic mass is 10.1. The van der Waals surface area contributed by atoms with Gasteiger partial charge >= 0.3 is 0 Å². The van der Waals surface area contributed by atoms with Crippen molar-refractivity contribution in [2.45, 2.75) is 6.04 Å². The van der Waals surface area contributed by atoms with Gasteiger partial charge in [0.2, 0.25) is 0 Å². The molecule has 0 heterocycles. The van der Waals surface area contributed by atoms with Gasteiger partial charge in [-0.05, 0) is 6.07 Å². The second kappa shape index (κ2) is 5.33. The van der Waals surface area contributed by atoms with E-state index in [2.05, 4.69) is 6.58 Å². The van der Waals surface area contributed by atoms with E-state index in [1.165, 1.54) is 24.3 Å². The molecule has 0 saturated carbocycles. The third-order valence-electron chi connectivity index (χ3n) is 1.83. The number of halogens is 1. The lowest BCUT2D eigenvalue weighted by Gasteiger charge is -2.08. The molecule has 5 nitrogen and oxygen atoms in total. The monoisotopic (exact) mass is 230 g/mol. The van der Waals surface area contributed by atoms with Crippen LogP contribution in [0.3, 0.4) is 0 Å². The molecule has 0 aliphatic rings. The molecule has 1 atom stereocenters. The number of nitro groups is 1. The molecule has 0 saturated heterocycles. The van der Waals surface area contributed by atoms with Gasteiger partial charge in [0.1, 0.15) is 5.75 Å². The largest absolute Gasteiger partial charge is 0.508 e. The number of rotatable bonds is 3. The number of nitro benzene ring substituents is 1. The van der Waals surface area contributed by atoms with Crippen LogP contribution in [0.4, 0.5) is 5.69 Å². The highest BCUT2D eigenvalue weighted by Crippen LogP contribution is 2.27. The lowest BCUT2D eigenvalue weighted by molar-refractivity contribution is -0.384. The Labute approximate surface area is 92.8 Å². The first-order chi connectivity index (χ1) is 6.56. The molecule has 0 aliphatic carbocycles. The van der Waals surface area contributed by atoms with Crippen molar-refractivity contribution in [1.29, 1.82) is 0 Å². The highest BCUT2D eigenvalue weighted by atomic mass is 35.5. The van der Waals surface area contributed by atoms with E-state index >= 15 is 0 Å². The maximum absolute atomic E-state index is 10.4. The molecule has 0 unspecified atom stereocenters. The molecular weight excluding hydrogens is 220 g/mol. The molecule has 1 aromatic rings. The van der Waals surface area contributed by atoms with Gasteiger partial charge in [-0.1, -0.05) is 6.08 Å². The molecule has 0 bridgehead atoms. The third kappa shape index (κ3) is 2.93. The zero-order valence-corrected chi connectivity index (χ0v) is 8.61. The van der Waals surface area contributed by atoms with Crippen LogP contribution in [0.2, 0.25) is 0 Å². The first-order valence-electron chi connectivity index (χ1n) is 3.91. The Morgan fingerprint density at radius 3 is 2.67 bits per heavy atom. The third-order valence-corrected chi connectivity index (χ3v) is 1.83. The molecule has 0 radical (unpaired) electrons. The maximum atomic E-state index is 10.4. The molecule has 1 rings (SSSR count). The average Bonchev–Trinajstić information content (AvgIpc) is 2.17. The summed E-state index contributed by atoms with van der Waals surface area (Å²) in [6, 6.07) is 3.10. The highest BCUT2D eigenvalue weighted by Gasteiger charge is 2.13. The number of nitrogens with two attached hydrogens (primary N) is 1. The van der Waals surface area contributed by atoms with Crippen LogP contribution in [0.25, 0.3) is 0 Å². The molecule has 6 heteroatoms.